The summed E-state index contributed by atoms with van der Waals surface area (Å²) in [6.45, 7) is 4.27. The third kappa shape index (κ3) is 2.96. The van der Waals surface area contributed by atoms with E-state index < -0.39 is 0 Å². The average Bonchev–Trinajstić information content (AvgIpc) is 2.28. The Morgan fingerprint density at radius 3 is 2.47 bits per heavy atom. The molecule has 0 spiro atoms. The van der Waals surface area contributed by atoms with E-state index in [1.54, 1.807) is 24.5 Å². The van der Waals surface area contributed by atoms with Gasteiger partial charge in [0.2, 0.25) is 0 Å². The summed E-state index contributed by atoms with van der Waals surface area (Å²) in [4.78, 5) is 16.8. The number of nitrogens with two attached hydrogens (primary N) is 1. The molecule has 5 nitrogen and oxygen atoms in total. The van der Waals surface area contributed by atoms with E-state index in [2.05, 4.69) is 33.8 Å². The SMILES string of the molecule is CC(C)Cc1cc(N)nc(-c2ncccn2)n1. The summed E-state index contributed by atoms with van der Waals surface area (Å²) < 4.78 is 0. The van der Waals surface area contributed by atoms with Crippen LogP contribution in [-0.2, 0) is 6.42 Å². The summed E-state index contributed by atoms with van der Waals surface area (Å²) in [7, 11) is 0. The second-order valence-corrected chi connectivity index (χ2v) is 4.28. The minimum absolute atomic E-state index is 0.457. The summed E-state index contributed by atoms with van der Waals surface area (Å²) in [5, 5.41) is 0. The number of hydrogen-bond acceptors (Lipinski definition) is 5. The number of anilines is 1. The average molecular weight is 229 g/mol. The molecule has 0 unspecified atom stereocenters. The van der Waals surface area contributed by atoms with Crippen LogP contribution in [0.3, 0.4) is 0 Å². The molecule has 2 N–H and O–H groups in total. The molecule has 2 aromatic heterocycles. The van der Waals surface area contributed by atoms with Gasteiger partial charge in [-0.25, -0.2) is 19.9 Å². The van der Waals surface area contributed by atoms with Gasteiger partial charge in [0.05, 0.1) is 0 Å². The van der Waals surface area contributed by atoms with Gasteiger partial charge in [-0.2, -0.15) is 0 Å². The van der Waals surface area contributed by atoms with Gasteiger partial charge in [-0.3, -0.25) is 0 Å². The molecule has 0 aliphatic carbocycles. The van der Waals surface area contributed by atoms with Crippen LogP contribution in [0.2, 0.25) is 0 Å². The lowest BCUT2D eigenvalue weighted by atomic mass is 10.1. The first-order chi connectivity index (χ1) is 8.15. The van der Waals surface area contributed by atoms with E-state index in [4.69, 9.17) is 5.73 Å². The molecular weight excluding hydrogens is 214 g/mol. The molecule has 17 heavy (non-hydrogen) atoms. The molecule has 0 aromatic carbocycles. The second kappa shape index (κ2) is 4.86. The lowest BCUT2D eigenvalue weighted by molar-refractivity contribution is 0.634. The molecule has 2 heterocycles. The normalized spacial score (nSPS) is 10.8. The Kier molecular flexibility index (Phi) is 3.27. The van der Waals surface area contributed by atoms with E-state index in [1.165, 1.54) is 0 Å². The number of rotatable bonds is 3. The van der Waals surface area contributed by atoms with Crippen molar-refractivity contribution in [3.63, 3.8) is 0 Å². The van der Waals surface area contributed by atoms with Crippen LogP contribution in [0.4, 0.5) is 5.82 Å². The summed E-state index contributed by atoms with van der Waals surface area (Å²) >= 11 is 0. The minimum atomic E-state index is 0.457. The first kappa shape index (κ1) is 11.4. The van der Waals surface area contributed by atoms with Crippen LogP contribution in [0, 0.1) is 5.92 Å². The van der Waals surface area contributed by atoms with E-state index in [0.29, 0.717) is 23.4 Å². The predicted molar refractivity (Wildman–Crippen MR) is 66.0 cm³/mol. The first-order valence-electron chi connectivity index (χ1n) is 5.56. The first-order valence-corrected chi connectivity index (χ1v) is 5.56. The van der Waals surface area contributed by atoms with Gasteiger partial charge in [-0.05, 0) is 18.4 Å². The number of aromatic nitrogens is 4. The molecule has 0 fully saturated rings. The zero-order chi connectivity index (χ0) is 12.3. The van der Waals surface area contributed by atoms with Crippen LogP contribution in [0.15, 0.2) is 24.5 Å². The Labute approximate surface area is 100 Å². The van der Waals surface area contributed by atoms with Crippen molar-refractivity contribution in [2.24, 2.45) is 5.92 Å². The van der Waals surface area contributed by atoms with Crippen molar-refractivity contribution >= 4 is 5.82 Å². The van der Waals surface area contributed by atoms with Crippen molar-refractivity contribution < 1.29 is 0 Å². The zero-order valence-electron chi connectivity index (χ0n) is 9.96. The Bertz CT molecular complexity index is 496. The molecule has 0 bridgehead atoms. The fourth-order valence-electron chi connectivity index (χ4n) is 1.56. The highest BCUT2D eigenvalue weighted by Gasteiger charge is 2.08. The quantitative estimate of drug-likeness (QED) is 0.867. The Morgan fingerprint density at radius 2 is 1.82 bits per heavy atom. The Morgan fingerprint density at radius 1 is 1.12 bits per heavy atom. The van der Waals surface area contributed by atoms with E-state index in [9.17, 15) is 0 Å². The standard InChI is InChI=1S/C12H15N5/c1-8(2)6-9-7-10(13)17-12(16-9)11-14-4-3-5-15-11/h3-5,7-8H,6H2,1-2H3,(H2,13,16,17). The molecule has 0 atom stereocenters. The van der Waals surface area contributed by atoms with Crippen LogP contribution >= 0.6 is 0 Å². The van der Waals surface area contributed by atoms with E-state index in [1.807, 2.05) is 0 Å². The van der Waals surface area contributed by atoms with Crippen LogP contribution < -0.4 is 5.73 Å². The fourth-order valence-corrected chi connectivity index (χ4v) is 1.56. The molecule has 5 heteroatoms. The smallest absolute Gasteiger partial charge is 0.199 e. The number of nitrogens with zero attached hydrogens (tertiary/aromatic N) is 4. The number of nitrogen functional groups attached to an aromatic ring is 1. The highest BCUT2D eigenvalue weighted by molar-refractivity contribution is 5.47. The Balaban J connectivity index is 2.38. The van der Waals surface area contributed by atoms with Crippen molar-refractivity contribution in [2.45, 2.75) is 20.3 Å². The summed E-state index contributed by atoms with van der Waals surface area (Å²) in [6.07, 6.45) is 4.19. The predicted octanol–water partition coefficient (Wildman–Crippen LogP) is 1.71. The minimum Gasteiger partial charge on any atom is -0.384 e. The maximum absolute atomic E-state index is 5.77. The van der Waals surface area contributed by atoms with Crippen LogP contribution in [0.5, 0.6) is 0 Å². The fraction of sp³-hybridized carbons (Fsp3) is 0.333. The van der Waals surface area contributed by atoms with Gasteiger partial charge in [0.15, 0.2) is 11.6 Å². The summed E-state index contributed by atoms with van der Waals surface area (Å²) in [6, 6.07) is 3.55. The topological polar surface area (TPSA) is 77.6 Å². The van der Waals surface area contributed by atoms with E-state index >= 15 is 0 Å². The molecule has 0 radical (unpaired) electrons. The van der Waals surface area contributed by atoms with Gasteiger partial charge in [-0.1, -0.05) is 13.8 Å². The molecule has 2 aromatic rings. The largest absolute Gasteiger partial charge is 0.384 e. The maximum Gasteiger partial charge on any atom is 0.199 e. The zero-order valence-corrected chi connectivity index (χ0v) is 9.96. The molecule has 0 aliphatic heterocycles. The van der Waals surface area contributed by atoms with Crippen LogP contribution in [0.25, 0.3) is 11.6 Å². The van der Waals surface area contributed by atoms with Crippen LogP contribution in [-0.4, -0.2) is 19.9 Å². The van der Waals surface area contributed by atoms with Crippen molar-refractivity contribution in [3.05, 3.63) is 30.2 Å². The maximum atomic E-state index is 5.77. The molecule has 2 rings (SSSR count). The van der Waals surface area contributed by atoms with E-state index in [-0.39, 0.29) is 0 Å². The molecule has 0 saturated heterocycles. The van der Waals surface area contributed by atoms with Crippen molar-refractivity contribution in [2.75, 3.05) is 5.73 Å². The lowest BCUT2D eigenvalue weighted by Gasteiger charge is -2.06. The van der Waals surface area contributed by atoms with Gasteiger partial charge in [-0.15, -0.1) is 0 Å². The van der Waals surface area contributed by atoms with Crippen molar-refractivity contribution in [1.82, 2.24) is 19.9 Å². The van der Waals surface area contributed by atoms with Gasteiger partial charge >= 0.3 is 0 Å². The molecule has 0 amide bonds. The highest BCUT2D eigenvalue weighted by Crippen LogP contribution is 2.14. The molecule has 0 aliphatic rings. The molecule has 88 valence electrons. The van der Waals surface area contributed by atoms with Crippen molar-refractivity contribution in [3.8, 4) is 11.6 Å². The second-order valence-electron chi connectivity index (χ2n) is 4.28. The molecular formula is C12H15N5. The van der Waals surface area contributed by atoms with Gasteiger partial charge in [0, 0.05) is 24.2 Å². The summed E-state index contributed by atoms with van der Waals surface area (Å²) in [5.41, 5.74) is 6.69. The highest BCUT2D eigenvalue weighted by atomic mass is 15.0. The Hall–Kier alpha value is -2.04. The monoisotopic (exact) mass is 229 g/mol. The van der Waals surface area contributed by atoms with Crippen molar-refractivity contribution in [1.29, 1.82) is 0 Å². The third-order valence-electron chi connectivity index (χ3n) is 2.18. The third-order valence-corrected chi connectivity index (χ3v) is 2.18. The van der Waals surface area contributed by atoms with Gasteiger partial charge < -0.3 is 5.73 Å². The van der Waals surface area contributed by atoms with Gasteiger partial charge in [0.1, 0.15) is 5.82 Å². The lowest BCUT2D eigenvalue weighted by Crippen LogP contribution is -2.04. The van der Waals surface area contributed by atoms with Crippen LogP contribution in [0.1, 0.15) is 19.5 Å². The molecule has 0 saturated carbocycles. The summed E-state index contributed by atoms with van der Waals surface area (Å²) in [5.74, 6) is 1.97. The van der Waals surface area contributed by atoms with Gasteiger partial charge in [0.25, 0.3) is 0 Å². The van der Waals surface area contributed by atoms with E-state index in [0.717, 1.165) is 12.1 Å². The number of hydrogen-bond donors (Lipinski definition) is 1.